The van der Waals surface area contributed by atoms with Gasteiger partial charge in [-0.3, -0.25) is 4.79 Å². The van der Waals surface area contributed by atoms with Gasteiger partial charge in [0, 0.05) is 5.69 Å². The van der Waals surface area contributed by atoms with Gasteiger partial charge in [0.1, 0.15) is 17.2 Å². The molecule has 2 N–H and O–H groups in total. The lowest BCUT2D eigenvalue weighted by Gasteiger charge is -2.12. The fourth-order valence-corrected chi connectivity index (χ4v) is 2.51. The van der Waals surface area contributed by atoms with Crippen molar-refractivity contribution in [1.82, 2.24) is 0 Å². The van der Waals surface area contributed by atoms with E-state index in [4.69, 9.17) is 9.47 Å². The number of para-hydroxylation sites is 3. The summed E-state index contributed by atoms with van der Waals surface area (Å²) in [4.78, 5) is 12.2. The van der Waals surface area contributed by atoms with E-state index in [1.165, 1.54) is 0 Å². The monoisotopic (exact) mass is 362 g/mol. The summed E-state index contributed by atoms with van der Waals surface area (Å²) in [6.45, 7) is 2.64. The van der Waals surface area contributed by atoms with Crippen molar-refractivity contribution >= 4 is 17.3 Å². The van der Waals surface area contributed by atoms with E-state index in [2.05, 4.69) is 10.6 Å². The number of carbonyl (C=O) groups is 1. The van der Waals surface area contributed by atoms with Crippen molar-refractivity contribution in [1.29, 1.82) is 0 Å². The summed E-state index contributed by atoms with van der Waals surface area (Å²) < 4.78 is 11.3. The van der Waals surface area contributed by atoms with Crippen LogP contribution in [-0.4, -0.2) is 19.1 Å². The van der Waals surface area contributed by atoms with Gasteiger partial charge in [-0.05, 0) is 55.5 Å². The second-order valence-corrected chi connectivity index (χ2v) is 5.77. The number of hydrogen-bond donors (Lipinski definition) is 2. The summed E-state index contributed by atoms with van der Waals surface area (Å²) in [5, 5.41) is 5.96. The van der Waals surface area contributed by atoms with Crippen molar-refractivity contribution in [2.24, 2.45) is 0 Å². The molecule has 27 heavy (non-hydrogen) atoms. The molecule has 3 aromatic rings. The van der Waals surface area contributed by atoms with Gasteiger partial charge in [-0.1, -0.05) is 30.3 Å². The predicted octanol–water partition coefficient (Wildman–Crippen LogP) is 4.93. The molecule has 0 saturated carbocycles. The second-order valence-electron chi connectivity index (χ2n) is 5.77. The fourth-order valence-electron chi connectivity index (χ4n) is 2.51. The van der Waals surface area contributed by atoms with Gasteiger partial charge >= 0.3 is 0 Å². The van der Waals surface area contributed by atoms with Crippen LogP contribution >= 0.6 is 0 Å². The Hall–Kier alpha value is -3.47. The number of rotatable bonds is 8. The van der Waals surface area contributed by atoms with Crippen molar-refractivity contribution in [3.8, 4) is 17.2 Å². The van der Waals surface area contributed by atoms with Crippen molar-refractivity contribution < 1.29 is 14.3 Å². The molecular weight excluding hydrogens is 340 g/mol. The number of nitrogens with one attached hydrogen (secondary N) is 2. The quantitative estimate of drug-likeness (QED) is 0.597. The molecule has 0 aliphatic rings. The lowest BCUT2D eigenvalue weighted by atomic mass is 10.3. The zero-order chi connectivity index (χ0) is 18.9. The van der Waals surface area contributed by atoms with E-state index in [0.717, 1.165) is 17.2 Å². The van der Waals surface area contributed by atoms with E-state index < -0.39 is 0 Å². The van der Waals surface area contributed by atoms with Gasteiger partial charge in [-0.25, -0.2) is 0 Å². The Labute approximate surface area is 158 Å². The van der Waals surface area contributed by atoms with E-state index in [1.807, 2.05) is 85.8 Å². The minimum Gasteiger partial charge on any atom is -0.492 e. The van der Waals surface area contributed by atoms with Crippen LogP contribution in [0.5, 0.6) is 17.2 Å². The van der Waals surface area contributed by atoms with Crippen LogP contribution in [0.1, 0.15) is 6.92 Å². The van der Waals surface area contributed by atoms with Crippen LogP contribution in [0.4, 0.5) is 11.4 Å². The first-order valence-corrected chi connectivity index (χ1v) is 8.83. The van der Waals surface area contributed by atoms with Gasteiger partial charge in [-0.15, -0.1) is 0 Å². The summed E-state index contributed by atoms with van der Waals surface area (Å²) in [5.41, 5.74) is 1.50. The van der Waals surface area contributed by atoms with Gasteiger partial charge in [-0.2, -0.15) is 0 Å². The molecule has 0 aliphatic carbocycles. The van der Waals surface area contributed by atoms with E-state index in [-0.39, 0.29) is 12.5 Å². The van der Waals surface area contributed by atoms with Crippen molar-refractivity contribution in [3.63, 3.8) is 0 Å². The van der Waals surface area contributed by atoms with Crippen LogP contribution in [0.2, 0.25) is 0 Å². The van der Waals surface area contributed by atoms with Gasteiger partial charge in [0.2, 0.25) is 5.91 Å². The summed E-state index contributed by atoms with van der Waals surface area (Å²) in [7, 11) is 0. The van der Waals surface area contributed by atoms with Gasteiger partial charge in [0.05, 0.1) is 18.8 Å². The minimum atomic E-state index is -0.141. The number of carbonyl (C=O) groups excluding carboxylic acids is 1. The van der Waals surface area contributed by atoms with Crippen LogP contribution in [-0.2, 0) is 4.79 Å². The standard InChI is InChI=1S/C22H22N2O3/c1-2-26-21-11-7-6-10-20(21)23-16-22(25)24-17-12-14-19(15-13-17)27-18-8-4-3-5-9-18/h3-15,23H,2,16H2,1H3,(H,24,25). The highest BCUT2D eigenvalue weighted by Crippen LogP contribution is 2.24. The van der Waals surface area contributed by atoms with Gasteiger partial charge < -0.3 is 20.1 Å². The number of benzene rings is 3. The van der Waals surface area contributed by atoms with Crippen LogP contribution in [0.25, 0.3) is 0 Å². The number of ether oxygens (including phenoxy) is 2. The summed E-state index contributed by atoms with van der Waals surface area (Å²) in [6, 6.07) is 24.4. The predicted molar refractivity (Wildman–Crippen MR) is 108 cm³/mol. The second kappa shape index (κ2) is 9.29. The molecule has 5 nitrogen and oxygen atoms in total. The fraction of sp³-hybridized carbons (Fsp3) is 0.136. The molecule has 138 valence electrons. The summed E-state index contributed by atoms with van der Waals surface area (Å²) >= 11 is 0. The highest BCUT2D eigenvalue weighted by atomic mass is 16.5. The van der Waals surface area contributed by atoms with E-state index >= 15 is 0 Å². The molecule has 3 aromatic carbocycles. The highest BCUT2D eigenvalue weighted by molar-refractivity contribution is 5.94. The Morgan fingerprint density at radius 2 is 1.52 bits per heavy atom. The maximum absolute atomic E-state index is 12.2. The van der Waals surface area contributed by atoms with E-state index in [1.54, 1.807) is 0 Å². The van der Waals surface area contributed by atoms with Crippen LogP contribution in [0.3, 0.4) is 0 Å². The zero-order valence-corrected chi connectivity index (χ0v) is 15.1. The van der Waals surface area contributed by atoms with E-state index in [9.17, 15) is 4.79 Å². The molecule has 0 aromatic heterocycles. The molecule has 0 heterocycles. The van der Waals surface area contributed by atoms with Crippen LogP contribution < -0.4 is 20.1 Å². The molecule has 3 rings (SSSR count). The summed E-state index contributed by atoms with van der Waals surface area (Å²) in [6.07, 6.45) is 0. The first-order chi connectivity index (χ1) is 13.2. The molecule has 0 unspecified atom stereocenters. The highest BCUT2D eigenvalue weighted by Gasteiger charge is 2.06. The minimum absolute atomic E-state index is 0.141. The zero-order valence-electron chi connectivity index (χ0n) is 15.1. The van der Waals surface area contributed by atoms with Gasteiger partial charge in [0.25, 0.3) is 0 Å². The first-order valence-electron chi connectivity index (χ1n) is 8.83. The SMILES string of the molecule is CCOc1ccccc1NCC(=O)Nc1ccc(Oc2ccccc2)cc1. The molecule has 0 atom stereocenters. The smallest absolute Gasteiger partial charge is 0.243 e. The molecule has 0 radical (unpaired) electrons. The Balaban J connectivity index is 1.52. The maximum Gasteiger partial charge on any atom is 0.243 e. The Bertz CT molecular complexity index is 864. The third-order valence-electron chi connectivity index (χ3n) is 3.74. The molecule has 0 spiro atoms. The molecule has 1 amide bonds. The Morgan fingerprint density at radius 3 is 2.26 bits per heavy atom. The molecule has 0 aliphatic heterocycles. The molecular formula is C22H22N2O3. The maximum atomic E-state index is 12.2. The lowest BCUT2D eigenvalue weighted by Crippen LogP contribution is -2.22. The van der Waals surface area contributed by atoms with Crippen molar-refractivity contribution in [2.45, 2.75) is 6.92 Å². The van der Waals surface area contributed by atoms with E-state index in [0.29, 0.717) is 18.0 Å². The summed E-state index contributed by atoms with van der Waals surface area (Å²) in [5.74, 6) is 2.07. The van der Waals surface area contributed by atoms with Crippen LogP contribution in [0.15, 0.2) is 78.9 Å². The third-order valence-corrected chi connectivity index (χ3v) is 3.74. The average Bonchev–Trinajstić information content (AvgIpc) is 2.70. The third kappa shape index (κ3) is 5.51. The molecule has 5 heteroatoms. The van der Waals surface area contributed by atoms with Crippen molar-refractivity contribution in [2.75, 3.05) is 23.8 Å². The molecule has 0 fully saturated rings. The average molecular weight is 362 g/mol. The van der Waals surface area contributed by atoms with Gasteiger partial charge in [0.15, 0.2) is 0 Å². The first kappa shape index (κ1) is 18.3. The topological polar surface area (TPSA) is 59.6 Å². The number of hydrogen-bond acceptors (Lipinski definition) is 4. The number of amides is 1. The van der Waals surface area contributed by atoms with Crippen LogP contribution in [0, 0.1) is 0 Å². The Kier molecular flexibility index (Phi) is 6.30. The Morgan fingerprint density at radius 1 is 0.852 bits per heavy atom. The lowest BCUT2D eigenvalue weighted by molar-refractivity contribution is -0.114. The normalized spacial score (nSPS) is 10.1. The largest absolute Gasteiger partial charge is 0.492 e. The molecule has 0 saturated heterocycles. The van der Waals surface area contributed by atoms with Crippen molar-refractivity contribution in [3.05, 3.63) is 78.9 Å². The molecule has 0 bridgehead atoms. The number of anilines is 2.